The third-order valence-corrected chi connectivity index (χ3v) is 8.94. The first-order chi connectivity index (χ1) is 19.3. The smallest absolute Gasteiger partial charge is 0.0736 e. The summed E-state index contributed by atoms with van der Waals surface area (Å²) in [6.45, 7) is 6.80. The molecule has 0 spiro atoms. The third kappa shape index (κ3) is 4.71. The number of hydrogen-bond acceptors (Lipinski definition) is 3. The van der Waals surface area contributed by atoms with Crippen molar-refractivity contribution >= 4 is 45.2 Å². The maximum absolute atomic E-state index is 5.15. The second-order valence-corrected chi connectivity index (χ2v) is 12.9. The summed E-state index contributed by atoms with van der Waals surface area (Å²) in [4.78, 5) is 14.1. The lowest BCUT2D eigenvalue weighted by atomic mass is 9.83. The third-order valence-electron chi connectivity index (χ3n) is 8.22. The van der Waals surface area contributed by atoms with E-state index in [-0.39, 0.29) is 17.5 Å². The van der Waals surface area contributed by atoms with Crippen molar-refractivity contribution in [2.24, 2.45) is 15.4 Å². The van der Waals surface area contributed by atoms with Crippen LogP contribution in [0, 0.1) is 15.9 Å². The Morgan fingerprint density at radius 3 is 1.88 bits per heavy atom. The van der Waals surface area contributed by atoms with E-state index in [9.17, 15) is 0 Å². The second-order valence-electron chi connectivity index (χ2n) is 11.7. The molecule has 8 bridgehead atoms. The normalized spacial score (nSPS) is 28.1. The van der Waals surface area contributed by atoms with Crippen molar-refractivity contribution in [1.29, 1.82) is 0 Å². The van der Waals surface area contributed by atoms with Crippen molar-refractivity contribution in [2.45, 2.75) is 39.3 Å². The molecule has 1 saturated heterocycles. The molecule has 4 nitrogen and oxygen atoms in total. The molecule has 2 atom stereocenters. The van der Waals surface area contributed by atoms with E-state index in [0.29, 0.717) is 0 Å². The van der Waals surface area contributed by atoms with Crippen LogP contribution in [-0.2, 0) is 0 Å². The Labute approximate surface area is 248 Å². The van der Waals surface area contributed by atoms with Gasteiger partial charge in [0.05, 0.1) is 22.8 Å². The number of allylic oxidation sites excluding steroid dienone is 4. The van der Waals surface area contributed by atoms with E-state index < -0.39 is 0 Å². The molecule has 2 unspecified atom stereocenters. The standard InChI is InChI=1S/C35H31IN4/c1-21-4-6-22(7-5-21)33-29-15-13-26(38-29)19-32-35(2,3)20-27(39-32)18-25-12-14-28(37-25)34(31-17-16-30(33)40-31)23-8-10-24(36)11-9-23/h4-19,27,32,39-40H,20H2,1-3H3/b25-18-,26-19-,33-30-,34-31-. The van der Waals surface area contributed by atoms with Gasteiger partial charge >= 0.3 is 0 Å². The fourth-order valence-corrected chi connectivity index (χ4v) is 6.45. The van der Waals surface area contributed by atoms with Crippen LogP contribution in [0.4, 0.5) is 0 Å². The van der Waals surface area contributed by atoms with E-state index in [4.69, 9.17) is 9.98 Å². The molecule has 0 aliphatic carbocycles. The van der Waals surface area contributed by atoms with Crippen LogP contribution < -0.4 is 16.0 Å². The second kappa shape index (κ2) is 9.82. The first-order valence-electron chi connectivity index (χ1n) is 13.8. The molecule has 0 amide bonds. The SMILES string of the molecule is Cc1ccc(/C2=c3\cc/c([nH]3)=C(\c3ccc(I)cc3)C3=N/C(=C\C4CC(C)(C)C(/C=C5/C=CC2=N5)N4)C=C3)cc1. The lowest BCUT2D eigenvalue weighted by Gasteiger charge is -2.23. The predicted octanol–water partition coefficient (Wildman–Crippen LogP) is 5.89. The van der Waals surface area contributed by atoms with Crippen molar-refractivity contribution in [1.82, 2.24) is 10.3 Å². The highest BCUT2D eigenvalue weighted by Crippen LogP contribution is 2.37. The van der Waals surface area contributed by atoms with Crippen LogP contribution in [0.15, 0.2) is 118 Å². The van der Waals surface area contributed by atoms with Gasteiger partial charge in [0.25, 0.3) is 0 Å². The number of benzene rings is 2. The zero-order chi connectivity index (χ0) is 27.4. The van der Waals surface area contributed by atoms with E-state index in [2.05, 4.69) is 151 Å². The van der Waals surface area contributed by atoms with Gasteiger partial charge in [0.1, 0.15) is 0 Å². The van der Waals surface area contributed by atoms with E-state index in [1.165, 1.54) is 9.13 Å². The number of hydrogen-bond donors (Lipinski definition) is 2. The Morgan fingerprint density at radius 1 is 0.725 bits per heavy atom. The maximum Gasteiger partial charge on any atom is 0.0736 e. The number of H-pyrrole nitrogens is 1. The monoisotopic (exact) mass is 634 g/mol. The van der Waals surface area contributed by atoms with Gasteiger partial charge in [0.15, 0.2) is 0 Å². The van der Waals surface area contributed by atoms with Crippen LogP contribution in [-0.4, -0.2) is 28.5 Å². The number of nitrogens with zero attached hydrogens (tertiary/aromatic N) is 2. The number of aryl methyl sites for hydroxylation is 1. The summed E-state index contributed by atoms with van der Waals surface area (Å²) in [5.41, 5.74) is 9.76. The van der Waals surface area contributed by atoms with Gasteiger partial charge in [-0.05, 0) is 113 Å². The molecule has 4 aliphatic rings. The average Bonchev–Trinajstić information content (AvgIpc) is 3.72. The molecule has 1 aromatic heterocycles. The first kappa shape index (κ1) is 25.4. The molecule has 2 aromatic carbocycles. The summed E-state index contributed by atoms with van der Waals surface area (Å²) < 4.78 is 1.21. The van der Waals surface area contributed by atoms with Crippen LogP contribution in [0.25, 0.3) is 11.1 Å². The summed E-state index contributed by atoms with van der Waals surface area (Å²) in [5.74, 6) is 0. The van der Waals surface area contributed by atoms with Crippen LogP contribution >= 0.6 is 22.6 Å². The van der Waals surface area contributed by atoms with Gasteiger partial charge in [-0.15, -0.1) is 0 Å². The zero-order valence-electron chi connectivity index (χ0n) is 22.9. The van der Waals surface area contributed by atoms with Crippen molar-refractivity contribution in [3.63, 3.8) is 0 Å². The van der Waals surface area contributed by atoms with Crippen molar-refractivity contribution < 1.29 is 0 Å². The highest BCUT2D eigenvalue weighted by Gasteiger charge is 2.38. The molecule has 0 radical (unpaired) electrons. The Balaban J connectivity index is 1.53. The fraction of sp³-hybridized carbons (Fsp3) is 0.200. The van der Waals surface area contributed by atoms with Crippen LogP contribution in [0.1, 0.15) is 37.0 Å². The minimum absolute atomic E-state index is 0.0968. The summed E-state index contributed by atoms with van der Waals surface area (Å²) in [7, 11) is 0. The molecule has 2 N–H and O–H groups in total. The fourth-order valence-electron chi connectivity index (χ4n) is 6.09. The van der Waals surface area contributed by atoms with E-state index in [1.807, 2.05) is 0 Å². The lowest BCUT2D eigenvalue weighted by Crippen LogP contribution is -2.32. The highest BCUT2D eigenvalue weighted by atomic mass is 127. The summed E-state index contributed by atoms with van der Waals surface area (Å²) in [5, 5.41) is 5.92. The topological polar surface area (TPSA) is 52.5 Å². The van der Waals surface area contributed by atoms with Crippen molar-refractivity contribution in [3.05, 3.63) is 139 Å². The van der Waals surface area contributed by atoms with Gasteiger partial charge < -0.3 is 10.3 Å². The van der Waals surface area contributed by atoms with Crippen LogP contribution in [0.2, 0.25) is 0 Å². The molecule has 40 heavy (non-hydrogen) atoms. The van der Waals surface area contributed by atoms with Crippen molar-refractivity contribution in [2.75, 3.05) is 0 Å². The lowest BCUT2D eigenvalue weighted by molar-refractivity contribution is 0.355. The van der Waals surface area contributed by atoms with E-state index in [1.54, 1.807) is 0 Å². The van der Waals surface area contributed by atoms with Gasteiger partial charge in [0, 0.05) is 37.5 Å². The Morgan fingerprint density at radius 2 is 1.27 bits per heavy atom. The first-order valence-corrected chi connectivity index (χ1v) is 14.9. The summed E-state index contributed by atoms with van der Waals surface area (Å²) in [6, 6.07) is 22.2. The summed E-state index contributed by atoms with van der Waals surface area (Å²) in [6.07, 6.45) is 14.2. The maximum atomic E-state index is 5.15. The Kier molecular flexibility index (Phi) is 6.24. The quantitative estimate of drug-likeness (QED) is 0.340. The zero-order valence-corrected chi connectivity index (χ0v) is 25.0. The highest BCUT2D eigenvalue weighted by molar-refractivity contribution is 14.1. The largest absolute Gasteiger partial charge is 0.354 e. The average molecular weight is 635 g/mol. The van der Waals surface area contributed by atoms with Gasteiger partial charge in [-0.25, -0.2) is 9.98 Å². The number of rotatable bonds is 2. The predicted molar refractivity (Wildman–Crippen MR) is 174 cm³/mol. The molecule has 5 heteroatoms. The minimum atomic E-state index is 0.0968. The molecule has 4 aliphatic heterocycles. The van der Waals surface area contributed by atoms with Crippen LogP contribution in [0.3, 0.4) is 0 Å². The molecule has 5 heterocycles. The number of fused-ring (bicyclic) bond motifs is 6. The number of nitrogens with one attached hydrogen (secondary N) is 2. The number of aromatic amines is 1. The molecule has 198 valence electrons. The Hall–Kier alpha value is -3.55. The summed E-state index contributed by atoms with van der Waals surface area (Å²) >= 11 is 2.36. The molecular weight excluding hydrogens is 603 g/mol. The molecular formula is C35H31IN4. The van der Waals surface area contributed by atoms with Gasteiger partial charge in [-0.1, -0.05) is 55.8 Å². The van der Waals surface area contributed by atoms with Gasteiger partial charge in [-0.2, -0.15) is 0 Å². The molecule has 0 saturated carbocycles. The van der Waals surface area contributed by atoms with Gasteiger partial charge in [0.2, 0.25) is 0 Å². The van der Waals surface area contributed by atoms with Crippen LogP contribution in [0.5, 0.6) is 0 Å². The molecule has 3 aromatic rings. The van der Waals surface area contributed by atoms with Crippen molar-refractivity contribution in [3.8, 4) is 0 Å². The van der Waals surface area contributed by atoms with E-state index in [0.717, 1.165) is 62.2 Å². The molecule has 7 rings (SSSR count). The Bertz CT molecular complexity index is 1820. The van der Waals surface area contributed by atoms with Gasteiger partial charge in [-0.3, -0.25) is 0 Å². The minimum Gasteiger partial charge on any atom is -0.354 e. The van der Waals surface area contributed by atoms with E-state index >= 15 is 0 Å². The number of halogens is 1. The number of aromatic nitrogens is 1. The number of aliphatic imine (C=N–C) groups is 2. The molecule has 1 fully saturated rings.